The molecule has 10 heteroatoms. The molecule has 2 unspecified atom stereocenters. The predicted molar refractivity (Wildman–Crippen MR) is 115 cm³/mol. The van der Waals surface area contributed by atoms with Gasteiger partial charge in [-0.15, -0.1) is 5.10 Å². The number of hydrogen-bond donors (Lipinski definition) is 1. The van der Waals surface area contributed by atoms with Gasteiger partial charge in [0.05, 0.1) is 24.2 Å². The number of morpholine rings is 1. The summed E-state index contributed by atoms with van der Waals surface area (Å²) in [5, 5.41) is 9.74. The summed E-state index contributed by atoms with van der Waals surface area (Å²) >= 11 is 0. The van der Waals surface area contributed by atoms with Crippen molar-refractivity contribution in [3.8, 4) is 5.69 Å². The second-order valence-electron chi connectivity index (χ2n) is 8.45. The molecule has 1 aromatic heterocycles. The first-order valence-electron chi connectivity index (χ1n) is 10.4. The molecule has 168 valence electrons. The molecule has 3 aromatic rings. The van der Waals surface area contributed by atoms with Gasteiger partial charge in [-0.25, -0.2) is 27.6 Å². The van der Waals surface area contributed by atoms with E-state index in [0.717, 1.165) is 30.2 Å². The normalized spacial score (nSPS) is 20.8. The van der Waals surface area contributed by atoms with Crippen molar-refractivity contribution < 1.29 is 17.5 Å². The maximum absolute atomic E-state index is 15.0. The fourth-order valence-electron chi connectivity index (χ4n) is 4.46. The fourth-order valence-corrected chi connectivity index (χ4v) is 4.99. The molecule has 0 aliphatic carbocycles. The minimum Gasteiger partial charge on any atom is -0.375 e. The van der Waals surface area contributed by atoms with E-state index in [0.29, 0.717) is 37.3 Å². The van der Waals surface area contributed by atoms with Crippen LogP contribution >= 0.6 is 0 Å². The van der Waals surface area contributed by atoms with Crippen LogP contribution in [0.25, 0.3) is 5.69 Å². The molecule has 0 amide bonds. The highest BCUT2D eigenvalue weighted by molar-refractivity contribution is 7.89. The van der Waals surface area contributed by atoms with Crippen LogP contribution in [-0.2, 0) is 27.7 Å². The lowest BCUT2D eigenvalue weighted by Crippen LogP contribution is -2.36. The standard InChI is InChI=1S/C22H24FN5O3S/c1-14-3-2-4-15(7-14)8-22-25-21(12-27-11-17-9-16(27)13-31-17)26-28(22)20-6-5-18(10-19(20)23)32(24,29)30/h2-7,10,16-17H,8-9,11-13H2,1H3,(H2,24,29,30). The van der Waals surface area contributed by atoms with Crippen molar-refractivity contribution in [2.24, 2.45) is 5.14 Å². The molecule has 2 saturated heterocycles. The molecular weight excluding hydrogens is 433 g/mol. The molecule has 8 nitrogen and oxygen atoms in total. The Bertz CT molecular complexity index is 1280. The van der Waals surface area contributed by atoms with Crippen molar-refractivity contribution >= 4 is 10.0 Å². The molecule has 5 rings (SSSR count). The highest BCUT2D eigenvalue weighted by Crippen LogP contribution is 2.29. The Kier molecular flexibility index (Phi) is 5.32. The predicted octanol–water partition coefficient (Wildman–Crippen LogP) is 1.93. The lowest BCUT2D eigenvalue weighted by molar-refractivity contribution is 0.0263. The van der Waals surface area contributed by atoms with E-state index in [-0.39, 0.29) is 16.7 Å². The van der Waals surface area contributed by atoms with Crippen LogP contribution in [0.4, 0.5) is 4.39 Å². The molecule has 2 aliphatic heterocycles. The molecule has 2 aliphatic rings. The summed E-state index contributed by atoms with van der Waals surface area (Å²) in [6, 6.07) is 11.9. The van der Waals surface area contributed by atoms with Gasteiger partial charge in [0.1, 0.15) is 17.3 Å². The van der Waals surface area contributed by atoms with Gasteiger partial charge >= 0.3 is 0 Å². The third kappa shape index (κ3) is 4.18. The van der Waals surface area contributed by atoms with Crippen LogP contribution in [0.1, 0.15) is 29.2 Å². The van der Waals surface area contributed by atoms with Crippen molar-refractivity contribution in [2.75, 3.05) is 13.2 Å². The van der Waals surface area contributed by atoms with Gasteiger partial charge < -0.3 is 4.74 Å². The molecule has 0 radical (unpaired) electrons. The second-order valence-corrected chi connectivity index (χ2v) is 10.0. The molecule has 2 fully saturated rings. The Labute approximate surface area is 185 Å². The fraction of sp³-hybridized carbons (Fsp3) is 0.364. The Morgan fingerprint density at radius 2 is 2.09 bits per heavy atom. The van der Waals surface area contributed by atoms with Crippen LogP contribution in [0, 0.1) is 12.7 Å². The van der Waals surface area contributed by atoms with Gasteiger partial charge in [-0.05, 0) is 37.1 Å². The van der Waals surface area contributed by atoms with Crippen molar-refractivity contribution in [2.45, 2.75) is 43.4 Å². The molecule has 0 saturated carbocycles. The molecule has 2 bridgehead atoms. The first-order valence-corrected chi connectivity index (χ1v) is 12.0. The SMILES string of the molecule is Cc1cccc(Cc2nc(CN3CC4CC3CO4)nn2-c2ccc(S(N)(=O)=O)cc2F)c1. The molecule has 32 heavy (non-hydrogen) atoms. The Morgan fingerprint density at radius 3 is 2.75 bits per heavy atom. The number of nitrogens with two attached hydrogens (primary N) is 1. The van der Waals surface area contributed by atoms with Gasteiger partial charge in [0, 0.05) is 19.0 Å². The number of primary sulfonamides is 1. The summed E-state index contributed by atoms with van der Waals surface area (Å²) in [7, 11) is -4.01. The summed E-state index contributed by atoms with van der Waals surface area (Å²) in [5.41, 5.74) is 2.27. The Morgan fingerprint density at radius 1 is 1.25 bits per heavy atom. The lowest BCUT2D eigenvalue weighted by atomic mass is 10.1. The lowest BCUT2D eigenvalue weighted by Gasteiger charge is -2.25. The van der Waals surface area contributed by atoms with E-state index in [1.807, 2.05) is 25.1 Å². The van der Waals surface area contributed by atoms with Gasteiger partial charge in [-0.1, -0.05) is 29.8 Å². The zero-order valence-electron chi connectivity index (χ0n) is 17.6. The number of aryl methyl sites for hydroxylation is 1. The van der Waals surface area contributed by atoms with E-state index >= 15 is 0 Å². The van der Waals surface area contributed by atoms with Crippen molar-refractivity contribution in [3.05, 3.63) is 71.1 Å². The van der Waals surface area contributed by atoms with Crippen LogP contribution in [0.5, 0.6) is 0 Å². The van der Waals surface area contributed by atoms with E-state index in [1.54, 1.807) is 0 Å². The number of fused-ring (bicyclic) bond motifs is 2. The van der Waals surface area contributed by atoms with Gasteiger partial charge in [0.2, 0.25) is 10.0 Å². The number of hydrogen-bond acceptors (Lipinski definition) is 6. The summed E-state index contributed by atoms with van der Waals surface area (Å²) < 4.78 is 45.3. The average molecular weight is 458 g/mol. The molecule has 2 aromatic carbocycles. The summed E-state index contributed by atoms with van der Waals surface area (Å²) in [6.07, 6.45) is 1.73. The van der Waals surface area contributed by atoms with Gasteiger partial charge in [0.25, 0.3) is 0 Å². The topological polar surface area (TPSA) is 103 Å². The zero-order valence-corrected chi connectivity index (χ0v) is 18.4. The molecule has 2 atom stereocenters. The third-order valence-electron chi connectivity index (χ3n) is 6.00. The number of rotatable bonds is 6. The second kappa shape index (κ2) is 8.04. The number of ether oxygens (including phenoxy) is 1. The minimum absolute atomic E-state index is 0.130. The molecule has 0 spiro atoms. The van der Waals surface area contributed by atoms with E-state index in [2.05, 4.69) is 16.1 Å². The summed E-state index contributed by atoms with van der Waals surface area (Å²) in [5.74, 6) is 0.440. The van der Waals surface area contributed by atoms with E-state index in [1.165, 1.54) is 16.8 Å². The number of sulfonamides is 1. The highest BCUT2D eigenvalue weighted by atomic mass is 32.2. The quantitative estimate of drug-likeness (QED) is 0.607. The summed E-state index contributed by atoms with van der Waals surface area (Å²) in [6.45, 7) is 4.11. The molecular formula is C22H24FN5O3S. The van der Waals surface area contributed by atoms with Crippen LogP contribution in [0.3, 0.4) is 0 Å². The average Bonchev–Trinajstić information content (AvgIpc) is 3.44. The van der Waals surface area contributed by atoms with E-state index in [4.69, 9.17) is 14.9 Å². The van der Waals surface area contributed by atoms with Gasteiger partial charge in [-0.2, -0.15) is 0 Å². The maximum atomic E-state index is 15.0. The van der Waals surface area contributed by atoms with E-state index in [9.17, 15) is 12.8 Å². The first kappa shape index (κ1) is 21.2. The zero-order chi connectivity index (χ0) is 22.5. The molecule has 3 heterocycles. The van der Waals surface area contributed by atoms with Crippen LogP contribution in [0.15, 0.2) is 47.4 Å². The van der Waals surface area contributed by atoms with Crippen molar-refractivity contribution in [3.63, 3.8) is 0 Å². The first-order chi connectivity index (χ1) is 15.3. The number of halogens is 1. The molecule has 2 N–H and O–H groups in total. The smallest absolute Gasteiger partial charge is 0.238 e. The number of aromatic nitrogens is 3. The van der Waals surface area contributed by atoms with Crippen molar-refractivity contribution in [1.82, 2.24) is 19.7 Å². The highest BCUT2D eigenvalue weighted by Gasteiger charge is 2.39. The van der Waals surface area contributed by atoms with Crippen LogP contribution < -0.4 is 5.14 Å². The Hall–Kier alpha value is -2.66. The van der Waals surface area contributed by atoms with Crippen LogP contribution in [-0.4, -0.2) is 53.4 Å². The van der Waals surface area contributed by atoms with Gasteiger partial charge in [-0.3, -0.25) is 4.90 Å². The third-order valence-corrected chi connectivity index (χ3v) is 6.91. The Balaban J connectivity index is 1.51. The van der Waals surface area contributed by atoms with E-state index < -0.39 is 15.8 Å². The number of likely N-dealkylation sites (tertiary alicyclic amines) is 1. The number of nitrogens with zero attached hydrogens (tertiary/aromatic N) is 4. The number of benzene rings is 2. The largest absolute Gasteiger partial charge is 0.375 e. The monoisotopic (exact) mass is 457 g/mol. The van der Waals surface area contributed by atoms with Crippen LogP contribution in [0.2, 0.25) is 0 Å². The summed E-state index contributed by atoms with van der Waals surface area (Å²) in [4.78, 5) is 6.74. The minimum atomic E-state index is -4.01. The van der Waals surface area contributed by atoms with Gasteiger partial charge in [0.15, 0.2) is 5.82 Å². The van der Waals surface area contributed by atoms with Crippen molar-refractivity contribution in [1.29, 1.82) is 0 Å². The maximum Gasteiger partial charge on any atom is 0.238 e.